The van der Waals surface area contributed by atoms with E-state index in [0.29, 0.717) is 5.56 Å². The van der Waals surface area contributed by atoms with Crippen molar-refractivity contribution in [3.8, 4) is 17.2 Å². The van der Waals surface area contributed by atoms with Gasteiger partial charge in [-0.25, -0.2) is 18.8 Å². The molecule has 0 bridgehead atoms. The Morgan fingerprint density at radius 3 is 1.81 bits per heavy atom. The first kappa shape index (κ1) is 23.7. The number of ether oxygens (including phenoxy) is 3. The van der Waals surface area contributed by atoms with Crippen molar-refractivity contribution in [2.24, 2.45) is 0 Å². The summed E-state index contributed by atoms with van der Waals surface area (Å²) in [5, 5.41) is 0. The fourth-order valence-corrected chi connectivity index (χ4v) is 2.25. The van der Waals surface area contributed by atoms with Crippen LogP contribution in [0, 0.1) is 5.82 Å². The summed E-state index contributed by atoms with van der Waals surface area (Å²) in [6.45, 7) is 9.79. The van der Waals surface area contributed by atoms with Crippen molar-refractivity contribution in [2.45, 2.75) is 0 Å². The SMILES string of the molecule is C=CC(=O)Oc1ccc(C(=O)C=Cc2ccc(OC(=O)C=C)c(OC(=O)C=C)c2)cc1F. The molecule has 0 N–H and O–H groups in total. The highest BCUT2D eigenvalue weighted by molar-refractivity contribution is 6.07. The Bertz CT molecular complexity index is 1150. The van der Waals surface area contributed by atoms with Gasteiger partial charge in [-0.1, -0.05) is 31.9 Å². The van der Waals surface area contributed by atoms with Crippen LogP contribution in [-0.4, -0.2) is 23.7 Å². The van der Waals surface area contributed by atoms with E-state index in [1.165, 1.54) is 30.3 Å². The second kappa shape index (κ2) is 11.0. The molecule has 32 heavy (non-hydrogen) atoms. The lowest BCUT2D eigenvalue weighted by molar-refractivity contribution is -0.131. The zero-order valence-electron chi connectivity index (χ0n) is 16.7. The third kappa shape index (κ3) is 6.46. The highest BCUT2D eigenvalue weighted by Crippen LogP contribution is 2.29. The molecule has 0 aliphatic rings. The molecule has 162 valence electrons. The summed E-state index contributed by atoms with van der Waals surface area (Å²) < 4.78 is 28.8. The van der Waals surface area contributed by atoms with Crippen LogP contribution < -0.4 is 14.2 Å². The van der Waals surface area contributed by atoms with Crippen molar-refractivity contribution in [2.75, 3.05) is 0 Å². The zero-order valence-corrected chi connectivity index (χ0v) is 16.7. The number of esters is 3. The second-order valence-electron chi connectivity index (χ2n) is 5.92. The first-order chi connectivity index (χ1) is 15.3. The predicted octanol–water partition coefficient (Wildman–Crippen LogP) is 4.00. The van der Waals surface area contributed by atoms with Crippen LogP contribution in [0.5, 0.6) is 17.2 Å². The molecule has 0 saturated carbocycles. The summed E-state index contributed by atoms with van der Waals surface area (Å²) >= 11 is 0. The summed E-state index contributed by atoms with van der Waals surface area (Å²) in [4.78, 5) is 46.5. The molecule has 0 saturated heterocycles. The van der Waals surface area contributed by atoms with E-state index in [-0.39, 0.29) is 22.8 Å². The molecule has 0 aliphatic heterocycles. The van der Waals surface area contributed by atoms with Crippen LogP contribution in [0.1, 0.15) is 15.9 Å². The molecular weight excluding hydrogens is 419 g/mol. The molecule has 0 unspecified atom stereocenters. The van der Waals surface area contributed by atoms with Crippen molar-refractivity contribution in [3.63, 3.8) is 0 Å². The average molecular weight is 436 g/mol. The van der Waals surface area contributed by atoms with E-state index >= 15 is 0 Å². The Labute approximate surface area is 182 Å². The smallest absolute Gasteiger partial charge is 0.335 e. The lowest BCUT2D eigenvalue weighted by Gasteiger charge is -2.09. The summed E-state index contributed by atoms with van der Waals surface area (Å²) in [5.41, 5.74) is 0.424. The third-order valence-electron chi connectivity index (χ3n) is 3.74. The molecule has 0 aliphatic carbocycles. The number of rotatable bonds is 9. The number of ketones is 1. The minimum atomic E-state index is -0.897. The number of hydrogen-bond donors (Lipinski definition) is 0. The van der Waals surface area contributed by atoms with Crippen LogP contribution in [0.25, 0.3) is 6.08 Å². The summed E-state index contributed by atoms with van der Waals surface area (Å²) in [7, 11) is 0. The molecule has 0 spiro atoms. The monoisotopic (exact) mass is 436 g/mol. The third-order valence-corrected chi connectivity index (χ3v) is 3.74. The molecular formula is C24H17FO7. The summed E-state index contributed by atoms with van der Waals surface area (Å²) in [6, 6.07) is 7.57. The van der Waals surface area contributed by atoms with Crippen molar-refractivity contribution >= 4 is 29.8 Å². The second-order valence-corrected chi connectivity index (χ2v) is 5.92. The number of benzene rings is 2. The lowest BCUT2D eigenvalue weighted by Crippen LogP contribution is -2.08. The molecule has 2 aromatic rings. The molecule has 8 heteroatoms. The van der Waals surface area contributed by atoms with Gasteiger partial charge in [-0.15, -0.1) is 0 Å². The van der Waals surface area contributed by atoms with Gasteiger partial charge >= 0.3 is 17.9 Å². The molecule has 0 atom stereocenters. The van der Waals surface area contributed by atoms with Crippen LogP contribution in [0.2, 0.25) is 0 Å². The maximum Gasteiger partial charge on any atom is 0.335 e. The van der Waals surface area contributed by atoms with E-state index in [2.05, 4.69) is 19.7 Å². The molecule has 2 aromatic carbocycles. The maximum atomic E-state index is 14.1. The highest BCUT2D eigenvalue weighted by atomic mass is 19.1. The van der Waals surface area contributed by atoms with E-state index in [0.717, 1.165) is 36.4 Å². The van der Waals surface area contributed by atoms with Crippen LogP contribution in [0.4, 0.5) is 4.39 Å². The molecule has 0 heterocycles. The van der Waals surface area contributed by atoms with Crippen LogP contribution in [0.15, 0.2) is 80.4 Å². The Morgan fingerprint density at radius 1 is 0.719 bits per heavy atom. The minimum absolute atomic E-state index is 0.00648. The zero-order chi connectivity index (χ0) is 23.7. The standard InChI is InChI=1S/C24H17FO7/c1-4-22(27)30-19-12-9-16(14-17(19)25)18(26)10-7-15-8-11-20(31-23(28)5-2)21(13-15)32-24(29)6-3/h4-14H,1-3H2. The van der Waals surface area contributed by atoms with E-state index in [9.17, 15) is 23.6 Å². The number of carbonyl (C=O) groups is 4. The largest absolute Gasteiger partial charge is 0.420 e. The number of carbonyl (C=O) groups excluding carboxylic acids is 4. The summed E-state index contributed by atoms with van der Waals surface area (Å²) in [5.74, 6) is -4.29. The maximum absolute atomic E-state index is 14.1. The first-order valence-corrected chi connectivity index (χ1v) is 8.96. The van der Waals surface area contributed by atoms with E-state index in [4.69, 9.17) is 14.2 Å². The average Bonchev–Trinajstić information content (AvgIpc) is 2.79. The Morgan fingerprint density at radius 2 is 1.25 bits per heavy atom. The Kier molecular flexibility index (Phi) is 8.13. The quantitative estimate of drug-likeness (QED) is 0.254. The van der Waals surface area contributed by atoms with Gasteiger partial charge in [-0.05, 0) is 42.0 Å². The number of allylic oxidation sites excluding steroid dienone is 1. The number of halogens is 1. The van der Waals surface area contributed by atoms with Crippen molar-refractivity contribution in [1.29, 1.82) is 0 Å². The van der Waals surface area contributed by atoms with Gasteiger partial charge in [0.25, 0.3) is 0 Å². The molecule has 2 rings (SSSR count). The molecule has 0 aromatic heterocycles. The minimum Gasteiger partial charge on any atom is -0.420 e. The predicted molar refractivity (Wildman–Crippen MR) is 114 cm³/mol. The molecule has 0 fully saturated rings. The Hall–Kier alpha value is -4.59. The van der Waals surface area contributed by atoms with E-state index in [1.54, 1.807) is 0 Å². The molecule has 0 radical (unpaired) electrons. The van der Waals surface area contributed by atoms with Crippen LogP contribution in [-0.2, 0) is 14.4 Å². The van der Waals surface area contributed by atoms with Crippen molar-refractivity contribution in [1.82, 2.24) is 0 Å². The molecule has 0 amide bonds. The topological polar surface area (TPSA) is 96.0 Å². The van der Waals surface area contributed by atoms with Crippen LogP contribution in [0.3, 0.4) is 0 Å². The van der Waals surface area contributed by atoms with E-state index in [1.807, 2.05) is 0 Å². The van der Waals surface area contributed by atoms with Gasteiger partial charge < -0.3 is 14.2 Å². The fraction of sp³-hybridized carbons (Fsp3) is 0. The van der Waals surface area contributed by atoms with Gasteiger partial charge in [0.15, 0.2) is 28.8 Å². The normalized spacial score (nSPS) is 10.2. The number of hydrogen-bond acceptors (Lipinski definition) is 7. The lowest BCUT2D eigenvalue weighted by atomic mass is 10.1. The van der Waals surface area contributed by atoms with Gasteiger partial charge in [-0.2, -0.15) is 0 Å². The first-order valence-electron chi connectivity index (χ1n) is 8.96. The van der Waals surface area contributed by atoms with Gasteiger partial charge in [-0.3, -0.25) is 4.79 Å². The summed E-state index contributed by atoms with van der Waals surface area (Å²) in [6.07, 6.45) is 5.29. The highest BCUT2D eigenvalue weighted by Gasteiger charge is 2.13. The fourth-order valence-electron chi connectivity index (χ4n) is 2.25. The van der Waals surface area contributed by atoms with Crippen molar-refractivity contribution in [3.05, 3.63) is 97.4 Å². The van der Waals surface area contributed by atoms with Gasteiger partial charge in [0.2, 0.25) is 0 Å². The van der Waals surface area contributed by atoms with Crippen molar-refractivity contribution < 1.29 is 37.8 Å². The van der Waals surface area contributed by atoms with Gasteiger partial charge in [0.05, 0.1) is 0 Å². The van der Waals surface area contributed by atoms with E-state index < -0.39 is 29.5 Å². The Balaban J connectivity index is 2.25. The van der Waals surface area contributed by atoms with Crippen LogP contribution >= 0.6 is 0 Å². The van der Waals surface area contributed by atoms with Gasteiger partial charge in [0.1, 0.15) is 0 Å². The molecule has 7 nitrogen and oxygen atoms in total. The van der Waals surface area contributed by atoms with Gasteiger partial charge in [0, 0.05) is 23.8 Å².